The van der Waals surface area contributed by atoms with Crippen molar-refractivity contribution in [1.29, 1.82) is 0 Å². The van der Waals surface area contributed by atoms with Crippen molar-refractivity contribution in [1.82, 2.24) is 24.6 Å². The molecule has 0 bridgehead atoms. The molecular weight excluding hydrogens is 298 g/mol. The minimum Gasteiger partial charge on any atom is -0.481 e. The largest absolute Gasteiger partial charge is 0.481 e. The second-order valence-electron chi connectivity index (χ2n) is 5.46. The van der Waals surface area contributed by atoms with E-state index in [2.05, 4.69) is 27.1 Å². The van der Waals surface area contributed by atoms with E-state index < -0.39 is 0 Å². The number of likely N-dealkylation sites (tertiary alicyclic amines) is 1. The van der Waals surface area contributed by atoms with E-state index in [0.29, 0.717) is 11.9 Å². The highest BCUT2D eigenvalue weighted by molar-refractivity contribution is 7.99. The van der Waals surface area contributed by atoms with Gasteiger partial charge in [0.2, 0.25) is 5.88 Å². The molecule has 0 saturated carbocycles. The molecule has 3 rings (SSSR count). The fraction of sp³-hybridized carbons (Fsp3) is 0.533. The van der Waals surface area contributed by atoms with Crippen LogP contribution in [0.25, 0.3) is 5.69 Å². The Kier molecular flexibility index (Phi) is 4.94. The molecule has 0 amide bonds. The van der Waals surface area contributed by atoms with E-state index in [1.54, 1.807) is 31.4 Å². The van der Waals surface area contributed by atoms with Gasteiger partial charge < -0.3 is 9.64 Å². The van der Waals surface area contributed by atoms with Crippen LogP contribution in [-0.2, 0) is 0 Å². The lowest BCUT2D eigenvalue weighted by Crippen LogP contribution is -2.25. The molecule has 0 N–H and O–H groups in total. The quantitative estimate of drug-likeness (QED) is 0.761. The van der Waals surface area contributed by atoms with Crippen LogP contribution >= 0.6 is 11.8 Å². The number of hydrogen-bond donors (Lipinski definition) is 0. The van der Waals surface area contributed by atoms with Crippen LogP contribution in [0.15, 0.2) is 29.8 Å². The molecule has 0 unspecified atom stereocenters. The zero-order chi connectivity index (χ0) is 15.4. The molecule has 7 heteroatoms. The minimum atomic E-state index is 0.607. The van der Waals surface area contributed by atoms with Crippen LogP contribution < -0.4 is 4.74 Å². The molecule has 1 fully saturated rings. The van der Waals surface area contributed by atoms with E-state index in [1.165, 1.54) is 25.8 Å². The highest BCUT2D eigenvalue weighted by atomic mass is 32.2. The van der Waals surface area contributed by atoms with Crippen LogP contribution in [0.2, 0.25) is 0 Å². The minimum absolute atomic E-state index is 0.607. The molecule has 1 atom stereocenters. The van der Waals surface area contributed by atoms with Crippen molar-refractivity contribution in [2.75, 3.05) is 26.5 Å². The fourth-order valence-corrected chi connectivity index (χ4v) is 3.73. The Hall–Kier alpha value is -1.60. The third kappa shape index (κ3) is 3.41. The molecule has 1 aliphatic rings. The first kappa shape index (κ1) is 15.3. The van der Waals surface area contributed by atoms with Gasteiger partial charge in [0.1, 0.15) is 6.33 Å². The summed E-state index contributed by atoms with van der Waals surface area (Å²) in [5, 5.41) is 9.16. The Balaban J connectivity index is 1.61. The molecule has 22 heavy (non-hydrogen) atoms. The van der Waals surface area contributed by atoms with E-state index in [0.717, 1.165) is 16.6 Å². The van der Waals surface area contributed by atoms with E-state index in [4.69, 9.17) is 4.74 Å². The Bertz CT molecular complexity index is 600. The van der Waals surface area contributed by atoms with Gasteiger partial charge in [-0.25, -0.2) is 4.98 Å². The summed E-state index contributed by atoms with van der Waals surface area (Å²) in [6, 6.07) is 4.52. The van der Waals surface area contributed by atoms with Crippen LogP contribution in [0.5, 0.6) is 5.88 Å². The summed E-state index contributed by atoms with van der Waals surface area (Å²) in [4.78, 5) is 6.69. The first-order chi connectivity index (χ1) is 10.8. The topological polar surface area (TPSA) is 56.1 Å². The van der Waals surface area contributed by atoms with E-state index in [9.17, 15) is 0 Å². The van der Waals surface area contributed by atoms with Gasteiger partial charge in [0.15, 0.2) is 5.16 Å². The summed E-state index contributed by atoms with van der Waals surface area (Å²) in [5.74, 6) is 1.66. The lowest BCUT2D eigenvalue weighted by atomic mass is 10.2. The number of hydrogen-bond acceptors (Lipinski definition) is 6. The molecule has 2 aromatic rings. The van der Waals surface area contributed by atoms with Crippen molar-refractivity contribution in [2.45, 2.75) is 30.5 Å². The monoisotopic (exact) mass is 319 g/mol. The zero-order valence-electron chi connectivity index (χ0n) is 13.0. The van der Waals surface area contributed by atoms with Crippen LogP contribution in [0, 0.1) is 0 Å². The molecule has 118 valence electrons. The number of methoxy groups -OCH3 is 1. The van der Waals surface area contributed by atoms with Crippen LogP contribution in [-0.4, -0.2) is 57.1 Å². The summed E-state index contributed by atoms with van der Waals surface area (Å²) < 4.78 is 7.05. The Morgan fingerprint density at radius 1 is 1.41 bits per heavy atom. The van der Waals surface area contributed by atoms with Crippen molar-refractivity contribution in [3.63, 3.8) is 0 Å². The normalized spacial score (nSPS) is 18.7. The number of pyridine rings is 1. The molecule has 1 saturated heterocycles. The predicted molar refractivity (Wildman–Crippen MR) is 86.7 cm³/mol. The first-order valence-corrected chi connectivity index (χ1v) is 8.50. The highest BCUT2D eigenvalue weighted by Crippen LogP contribution is 2.24. The second-order valence-corrected chi connectivity index (χ2v) is 6.52. The first-order valence-electron chi connectivity index (χ1n) is 7.51. The summed E-state index contributed by atoms with van der Waals surface area (Å²) in [5.41, 5.74) is 0.950. The maximum atomic E-state index is 5.09. The maximum Gasteiger partial charge on any atom is 0.213 e. The van der Waals surface area contributed by atoms with Gasteiger partial charge in [-0.3, -0.25) is 4.57 Å². The van der Waals surface area contributed by atoms with Crippen molar-refractivity contribution >= 4 is 11.8 Å². The predicted octanol–water partition coefficient (Wildman–Crippen LogP) is 2.25. The van der Waals surface area contributed by atoms with Crippen LogP contribution in [0.3, 0.4) is 0 Å². The number of nitrogens with zero attached hydrogens (tertiary/aromatic N) is 5. The molecule has 0 spiro atoms. The fourth-order valence-electron chi connectivity index (χ4n) is 2.77. The summed E-state index contributed by atoms with van der Waals surface area (Å²) in [6.07, 6.45) is 7.32. The van der Waals surface area contributed by atoms with Crippen LogP contribution in [0.1, 0.15) is 19.3 Å². The summed E-state index contributed by atoms with van der Waals surface area (Å²) in [7, 11) is 3.83. The number of thioether (sulfide) groups is 1. The van der Waals surface area contributed by atoms with Gasteiger partial charge in [-0.2, -0.15) is 0 Å². The zero-order valence-corrected chi connectivity index (χ0v) is 13.8. The number of aromatic nitrogens is 4. The third-order valence-electron chi connectivity index (χ3n) is 4.08. The lowest BCUT2D eigenvalue weighted by Gasteiger charge is -2.18. The molecule has 0 aromatic carbocycles. The SMILES string of the molecule is COc1ccc(-n2cnnc2SCC[C@@H]2CCCN2C)cn1. The summed E-state index contributed by atoms with van der Waals surface area (Å²) in [6.45, 7) is 1.23. The number of rotatable bonds is 6. The van der Waals surface area contributed by atoms with Gasteiger partial charge in [0.05, 0.1) is 19.0 Å². The van der Waals surface area contributed by atoms with E-state index in [-0.39, 0.29) is 0 Å². The Morgan fingerprint density at radius 2 is 2.32 bits per heavy atom. The molecule has 1 aliphatic heterocycles. The average Bonchev–Trinajstić information content (AvgIpc) is 3.17. The van der Waals surface area contributed by atoms with Gasteiger partial charge in [0.25, 0.3) is 0 Å². The molecule has 0 radical (unpaired) electrons. The number of ether oxygens (including phenoxy) is 1. The van der Waals surface area contributed by atoms with Crippen molar-refractivity contribution < 1.29 is 4.74 Å². The molecule has 2 aromatic heterocycles. The molecular formula is C15H21N5OS. The standard InChI is InChI=1S/C15H21N5OS/c1-19-8-3-4-12(19)7-9-22-15-18-17-11-20(15)13-5-6-14(21-2)16-10-13/h5-6,10-12H,3-4,7-9H2,1-2H3/t12-/m0/s1. The lowest BCUT2D eigenvalue weighted by molar-refractivity contribution is 0.305. The van der Waals surface area contributed by atoms with Gasteiger partial charge >= 0.3 is 0 Å². The van der Waals surface area contributed by atoms with Crippen LogP contribution in [0.4, 0.5) is 0 Å². The maximum absolute atomic E-state index is 5.09. The molecule has 6 nitrogen and oxygen atoms in total. The third-order valence-corrected chi connectivity index (χ3v) is 5.05. The average molecular weight is 319 g/mol. The van der Waals surface area contributed by atoms with E-state index >= 15 is 0 Å². The van der Waals surface area contributed by atoms with Gasteiger partial charge in [0, 0.05) is 17.9 Å². The second kappa shape index (κ2) is 7.11. The van der Waals surface area contributed by atoms with Gasteiger partial charge in [-0.1, -0.05) is 11.8 Å². The van der Waals surface area contributed by atoms with Crippen molar-refractivity contribution in [2.24, 2.45) is 0 Å². The molecule has 3 heterocycles. The smallest absolute Gasteiger partial charge is 0.213 e. The molecule has 0 aliphatic carbocycles. The highest BCUT2D eigenvalue weighted by Gasteiger charge is 2.20. The van der Waals surface area contributed by atoms with Gasteiger partial charge in [-0.05, 0) is 38.9 Å². The van der Waals surface area contributed by atoms with Gasteiger partial charge in [-0.15, -0.1) is 10.2 Å². The van der Waals surface area contributed by atoms with E-state index in [1.807, 2.05) is 16.7 Å². The Labute approximate surface area is 134 Å². The Morgan fingerprint density at radius 3 is 3.00 bits per heavy atom. The summed E-state index contributed by atoms with van der Waals surface area (Å²) >= 11 is 1.75. The van der Waals surface area contributed by atoms with Crippen molar-refractivity contribution in [3.05, 3.63) is 24.7 Å². The van der Waals surface area contributed by atoms with Crippen molar-refractivity contribution in [3.8, 4) is 11.6 Å².